The molecule has 0 aromatic heterocycles. The summed E-state index contributed by atoms with van der Waals surface area (Å²) in [7, 11) is 0. The molecule has 1 fully saturated rings. The SMILES string of the molecule is CCOc1ccc(NC(=O)COC(=O)[C@H]2CC(=O)N(c3cccc(C)c3C)C2)cc1. The van der Waals surface area contributed by atoms with E-state index in [0.717, 1.165) is 16.8 Å². The maximum absolute atomic E-state index is 12.4. The van der Waals surface area contributed by atoms with E-state index in [-0.39, 0.29) is 18.9 Å². The minimum atomic E-state index is -0.587. The lowest BCUT2D eigenvalue weighted by Gasteiger charge is -2.20. The first-order valence-electron chi connectivity index (χ1n) is 9.95. The van der Waals surface area contributed by atoms with Crippen LogP contribution in [0, 0.1) is 19.8 Å². The topological polar surface area (TPSA) is 84.9 Å². The molecule has 7 heteroatoms. The Morgan fingerprint density at radius 1 is 1.13 bits per heavy atom. The van der Waals surface area contributed by atoms with Crippen molar-refractivity contribution in [1.29, 1.82) is 0 Å². The lowest BCUT2D eigenvalue weighted by atomic mass is 10.1. The zero-order chi connectivity index (χ0) is 21.7. The van der Waals surface area contributed by atoms with Gasteiger partial charge in [0.2, 0.25) is 5.91 Å². The Balaban J connectivity index is 1.52. The predicted molar refractivity (Wildman–Crippen MR) is 114 cm³/mol. The van der Waals surface area contributed by atoms with Gasteiger partial charge in [-0.2, -0.15) is 0 Å². The van der Waals surface area contributed by atoms with Gasteiger partial charge >= 0.3 is 5.97 Å². The Kier molecular flexibility index (Phi) is 6.72. The third-order valence-electron chi connectivity index (χ3n) is 5.12. The maximum atomic E-state index is 12.4. The van der Waals surface area contributed by atoms with Gasteiger partial charge in [0.05, 0.1) is 12.5 Å². The first-order chi connectivity index (χ1) is 14.4. The van der Waals surface area contributed by atoms with Crippen molar-refractivity contribution in [2.75, 3.05) is 30.0 Å². The zero-order valence-corrected chi connectivity index (χ0v) is 17.4. The molecule has 1 N–H and O–H groups in total. The van der Waals surface area contributed by atoms with Crippen molar-refractivity contribution in [3.05, 3.63) is 53.6 Å². The second-order valence-electron chi connectivity index (χ2n) is 7.24. The molecule has 1 aliphatic rings. The lowest BCUT2D eigenvalue weighted by molar-refractivity contribution is -0.151. The monoisotopic (exact) mass is 410 g/mol. The van der Waals surface area contributed by atoms with Gasteiger partial charge in [0.25, 0.3) is 5.91 Å². The summed E-state index contributed by atoms with van der Waals surface area (Å²) >= 11 is 0. The number of nitrogens with one attached hydrogen (secondary N) is 1. The third kappa shape index (κ3) is 4.97. The minimum absolute atomic E-state index is 0.0761. The molecule has 2 aromatic carbocycles. The number of rotatable bonds is 7. The molecule has 30 heavy (non-hydrogen) atoms. The van der Waals surface area contributed by atoms with Crippen molar-refractivity contribution < 1.29 is 23.9 Å². The Hall–Kier alpha value is -3.35. The summed E-state index contributed by atoms with van der Waals surface area (Å²) in [5.41, 5.74) is 3.48. The van der Waals surface area contributed by atoms with Crippen LogP contribution in [0.15, 0.2) is 42.5 Å². The van der Waals surface area contributed by atoms with Crippen LogP contribution in [0.5, 0.6) is 5.75 Å². The highest BCUT2D eigenvalue weighted by Gasteiger charge is 2.37. The van der Waals surface area contributed by atoms with Gasteiger partial charge in [0.1, 0.15) is 5.75 Å². The summed E-state index contributed by atoms with van der Waals surface area (Å²) in [6.07, 6.45) is 0.0761. The number of nitrogens with zero attached hydrogens (tertiary/aromatic N) is 1. The van der Waals surface area contributed by atoms with E-state index in [1.165, 1.54) is 0 Å². The van der Waals surface area contributed by atoms with Gasteiger partial charge in [-0.3, -0.25) is 14.4 Å². The summed E-state index contributed by atoms with van der Waals surface area (Å²) in [6.45, 7) is 6.24. The molecular formula is C23H26N2O5. The molecule has 0 saturated carbocycles. The molecule has 3 rings (SSSR count). The normalized spacial score (nSPS) is 15.8. The Labute approximate surface area is 176 Å². The molecule has 0 aliphatic carbocycles. The largest absolute Gasteiger partial charge is 0.494 e. The molecule has 0 radical (unpaired) electrons. The number of ether oxygens (including phenoxy) is 2. The van der Waals surface area contributed by atoms with E-state index in [4.69, 9.17) is 9.47 Å². The standard InChI is InChI=1S/C23H26N2O5/c1-4-29-19-10-8-18(9-11-19)24-21(26)14-30-23(28)17-12-22(27)25(13-17)20-7-5-6-15(2)16(20)3/h5-11,17H,4,12-14H2,1-3H3,(H,24,26)/t17-/m0/s1. The second kappa shape index (κ2) is 9.43. The summed E-state index contributed by atoms with van der Waals surface area (Å²) in [5.74, 6) is -0.984. The van der Waals surface area contributed by atoms with Crippen LogP contribution in [0.25, 0.3) is 0 Å². The number of amides is 2. The van der Waals surface area contributed by atoms with Crippen LogP contribution in [0.2, 0.25) is 0 Å². The summed E-state index contributed by atoms with van der Waals surface area (Å²) in [4.78, 5) is 38.5. The highest BCUT2D eigenvalue weighted by Crippen LogP contribution is 2.29. The van der Waals surface area contributed by atoms with Crippen molar-refractivity contribution >= 4 is 29.2 Å². The van der Waals surface area contributed by atoms with E-state index in [1.807, 2.05) is 39.0 Å². The number of benzene rings is 2. The fourth-order valence-electron chi connectivity index (χ4n) is 3.38. The number of hydrogen-bond donors (Lipinski definition) is 1. The molecule has 2 amide bonds. The van der Waals surface area contributed by atoms with Gasteiger partial charge in [-0.05, 0) is 62.2 Å². The molecule has 158 valence electrons. The lowest BCUT2D eigenvalue weighted by Crippen LogP contribution is -2.28. The number of anilines is 2. The number of aryl methyl sites for hydroxylation is 1. The number of carbonyl (C=O) groups is 3. The highest BCUT2D eigenvalue weighted by atomic mass is 16.5. The van der Waals surface area contributed by atoms with E-state index in [2.05, 4.69) is 5.32 Å². The molecule has 7 nitrogen and oxygen atoms in total. The molecule has 2 aromatic rings. The number of carbonyl (C=O) groups excluding carboxylic acids is 3. The summed E-state index contributed by atoms with van der Waals surface area (Å²) in [6, 6.07) is 12.7. The molecule has 0 unspecified atom stereocenters. The van der Waals surface area contributed by atoms with Crippen LogP contribution in [-0.4, -0.2) is 37.5 Å². The van der Waals surface area contributed by atoms with Crippen LogP contribution in [0.4, 0.5) is 11.4 Å². The molecule has 1 saturated heterocycles. The fourth-order valence-corrected chi connectivity index (χ4v) is 3.38. The van der Waals surface area contributed by atoms with Crippen LogP contribution in [0.1, 0.15) is 24.5 Å². The maximum Gasteiger partial charge on any atom is 0.311 e. The van der Waals surface area contributed by atoms with Crippen molar-refractivity contribution in [1.82, 2.24) is 0 Å². The van der Waals surface area contributed by atoms with Gasteiger partial charge in [-0.25, -0.2) is 0 Å². The van der Waals surface area contributed by atoms with E-state index in [1.54, 1.807) is 29.2 Å². The van der Waals surface area contributed by atoms with Gasteiger partial charge in [-0.15, -0.1) is 0 Å². The van der Waals surface area contributed by atoms with E-state index in [0.29, 0.717) is 18.0 Å². The molecule has 1 aliphatic heterocycles. The second-order valence-corrected chi connectivity index (χ2v) is 7.24. The Morgan fingerprint density at radius 3 is 2.57 bits per heavy atom. The van der Waals surface area contributed by atoms with Gasteiger partial charge in [0.15, 0.2) is 6.61 Å². The predicted octanol–water partition coefficient (Wildman–Crippen LogP) is 3.24. The molecule has 1 heterocycles. The zero-order valence-electron chi connectivity index (χ0n) is 17.4. The van der Waals surface area contributed by atoms with Gasteiger partial charge < -0.3 is 19.7 Å². The third-order valence-corrected chi connectivity index (χ3v) is 5.12. The van der Waals surface area contributed by atoms with Crippen molar-refractivity contribution in [2.24, 2.45) is 5.92 Å². The van der Waals surface area contributed by atoms with E-state index in [9.17, 15) is 14.4 Å². The van der Waals surface area contributed by atoms with Crippen molar-refractivity contribution in [2.45, 2.75) is 27.2 Å². The Bertz CT molecular complexity index is 939. The average molecular weight is 410 g/mol. The van der Waals surface area contributed by atoms with Gasteiger partial charge in [-0.1, -0.05) is 12.1 Å². The van der Waals surface area contributed by atoms with Gasteiger partial charge in [0, 0.05) is 24.3 Å². The Morgan fingerprint density at radius 2 is 1.87 bits per heavy atom. The fraction of sp³-hybridized carbons (Fsp3) is 0.348. The first kappa shape index (κ1) is 21.4. The summed E-state index contributed by atoms with van der Waals surface area (Å²) < 4.78 is 10.5. The number of esters is 1. The number of hydrogen-bond acceptors (Lipinski definition) is 5. The molecule has 1 atom stereocenters. The van der Waals surface area contributed by atoms with E-state index >= 15 is 0 Å². The minimum Gasteiger partial charge on any atom is -0.494 e. The van der Waals surface area contributed by atoms with Crippen LogP contribution >= 0.6 is 0 Å². The van der Waals surface area contributed by atoms with Crippen LogP contribution in [-0.2, 0) is 19.1 Å². The highest BCUT2D eigenvalue weighted by molar-refractivity contribution is 6.00. The first-order valence-corrected chi connectivity index (χ1v) is 9.95. The van der Waals surface area contributed by atoms with Crippen molar-refractivity contribution in [3.8, 4) is 5.75 Å². The van der Waals surface area contributed by atoms with Crippen LogP contribution < -0.4 is 15.0 Å². The quantitative estimate of drug-likeness (QED) is 0.709. The smallest absolute Gasteiger partial charge is 0.311 e. The average Bonchev–Trinajstić information content (AvgIpc) is 3.11. The summed E-state index contributed by atoms with van der Waals surface area (Å²) in [5, 5.41) is 2.67. The molecular weight excluding hydrogens is 384 g/mol. The molecule has 0 bridgehead atoms. The van der Waals surface area contributed by atoms with Crippen LogP contribution in [0.3, 0.4) is 0 Å². The molecule has 0 spiro atoms. The van der Waals surface area contributed by atoms with Crippen molar-refractivity contribution in [3.63, 3.8) is 0 Å². The van der Waals surface area contributed by atoms with E-state index < -0.39 is 24.4 Å².